The van der Waals surface area contributed by atoms with Crippen molar-refractivity contribution in [3.63, 3.8) is 0 Å². The molecule has 138 valence electrons. The first-order chi connectivity index (χ1) is 11.9. The van der Waals surface area contributed by atoms with Crippen molar-refractivity contribution in [1.29, 1.82) is 0 Å². The fourth-order valence-electron chi connectivity index (χ4n) is 3.73. The molecule has 1 aromatic rings. The molecule has 1 atom stereocenters. The van der Waals surface area contributed by atoms with Crippen molar-refractivity contribution in [3.8, 4) is 0 Å². The van der Waals surface area contributed by atoms with E-state index in [2.05, 4.69) is 27.3 Å². The van der Waals surface area contributed by atoms with E-state index in [1.165, 1.54) is 19.3 Å². The molecule has 25 heavy (non-hydrogen) atoms. The third-order valence-corrected chi connectivity index (χ3v) is 4.79. The molecule has 0 radical (unpaired) electrons. The Bertz CT molecular complexity index is 582. The normalized spacial score (nSPS) is 23.4. The summed E-state index contributed by atoms with van der Waals surface area (Å²) in [6.07, 6.45) is 5.73. The first-order valence-corrected chi connectivity index (χ1v) is 9.33. The van der Waals surface area contributed by atoms with Crippen LogP contribution in [-0.2, 0) is 11.3 Å². The summed E-state index contributed by atoms with van der Waals surface area (Å²) in [7, 11) is 0. The number of carbonyl (C=O) groups is 1. The van der Waals surface area contributed by atoms with E-state index in [9.17, 15) is 4.79 Å². The highest BCUT2D eigenvalue weighted by Gasteiger charge is 2.33. The van der Waals surface area contributed by atoms with Crippen LogP contribution in [0.25, 0.3) is 0 Å². The van der Waals surface area contributed by atoms with Crippen LogP contribution in [0.3, 0.4) is 0 Å². The lowest BCUT2D eigenvalue weighted by Crippen LogP contribution is -2.56. The molecule has 2 amide bonds. The van der Waals surface area contributed by atoms with E-state index in [0.717, 1.165) is 24.5 Å². The standard InChI is InChI=1S/C19H30N4O2/c1-15-13-23(14-19(2,3)25-15)18(24)21-12-16-7-8-17(20-11-16)22-9-5-4-6-10-22/h7-8,11,15H,4-6,9-10,12-14H2,1-3H3,(H,21,24). The van der Waals surface area contributed by atoms with Gasteiger partial charge in [0.2, 0.25) is 0 Å². The van der Waals surface area contributed by atoms with Gasteiger partial charge in [0.25, 0.3) is 0 Å². The van der Waals surface area contributed by atoms with Gasteiger partial charge in [0.15, 0.2) is 0 Å². The Kier molecular flexibility index (Phi) is 5.47. The zero-order valence-electron chi connectivity index (χ0n) is 15.6. The van der Waals surface area contributed by atoms with Gasteiger partial charge < -0.3 is 19.9 Å². The lowest BCUT2D eigenvalue weighted by molar-refractivity contribution is -0.117. The predicted octanol–water partition coefficient (Wildman–Crippen LogP) is 2.78. The first kappa shape index (κ1) is 18.0. The number of aromatic nitrogens is 1. The maximum Gasteiger partial charge on any atom is 0.317 e. The van der Waals surface area contributed by atoms with Crippen molar-refractivity contribution in [3.05, 3.63) is 23.9 Å². The molecule has 3 heterocycles. The van der Waals surface area contributed by atoms with Crippen LogP contribution in [-0.4, -0.2) is 53.8 Å². The molecule has 2 aliphatic heterocycles. The third kappa shape index (κ3) is 4.84. The molecule has 0 bridgehead atoms. The van der Waals surface area contributed by atoms with E-state index >= 15 is 0 Å². The van der Waals surface area contributed by atoms with E-state index in [0.29, 0.717) is 19.6 Å². The number of nitrogens with zero attached hydrogens (tertiary/aromatic N) is 3. The summed E-state index contributed by atoms with van der Waals surface area (Å²) < 4.78 is 5.85. The summed E-state index contributed by atoms with van der Waals surface area (Å²) >= 11 is 0. The minimum Gasteiger partial charge on any atom is -0.369 e. The minimum atomic E-state index is -0.299. The van der Waals surface area contributed by atoms with Gasteiger partial charge in [-0.3, -0.25) is 0 Å². The number of nitrogens with one attached hydrogen (secondary N) is 1. The van der Waals surface area contributed by atoms with Crippen molar-refractivity contribution in [2.24, 2.45) is 0 Å². The Morgan fingerprint density at radius 3 is 2.72 bits per heavy atom. The summed E-state index contributed by atoms with van der Waals surface area (Å²) in [5.74, 6) is 1.04. The van der Waals surface area contributed by atoms with Crippen LogP contribution in [0.5, 0.6) is 0 Å². The quantitative estimate of drug-likeness (QED) is 0.914. The van der Waals surface area contributed by atoms with Crippen LogP contribution < -0.4 is 10.2 Å². The van der Waals surface area contributed by atoms with Crippen LogP contribution in [0.4, 0.5) is 10.6 Å². The molecule has 2 fully saturated rings. The number of hydrogen-bond donors (Lipinski definition) is 1. The molecule has 0 aliphatic carbocycles. The Hall–Kier alpha value is -1.82. The summed E-state index contributed by atoms with van der Waals surface area (Å²) in [4.78, 5) is 21.2. The van der Waals surface area contributed by atoms with Crippen LogP contribution in [0.1, 0.15) is 45.6 Å². The lowest BCUT2D eigenvalue weighted by Gasteiger charge is -2.41. The SMILES string of the molecule is CC1CN(C(=O)NCc2ccc(N3CCCCC3)nc2)CC(C)(C)O1. The Morgan fingerprint density at radius 1 is 1.32 bits per heavy atom. The van der Waals surface area contributed by atoms with Crippen LogP contribution in [0, 0.1) is 0 Å². The number of anilines is 1. The minimum absolute atomic E-state index is 0.0386. The molecule has 6 heteroatoms. The van der Waals surface area contributed by atoms with Gasteiger partial charge in [0.1, 0.15) is 5.82 Å². The molecule has 2 aliphatic rings. The van der Waals surface area contributed by atoms with Gasteiger partial charge in [0.05, 0.1) is 18.2 Å². The van der Waals surface area contributed by atoms with Crippen molar-refractivity contribution in [2.75, 3.05) is 31.1 Å². The fraction of sp³-hybridized carbons (Fsp3) is 0.684. The molecular weight excluding hydrogens is 316 g/mol. The Balaban J connectivity index is 1.51. The lowest BCUT2D eigenvalue weighted by atomic mass is 10.1. The highest BCUT2D eigenvalue weighted by molar-refractivity contribution is 5.74. The van der Waals surface area contributed by atoms with Crippen LogP contribution in [0.2, 0.25) is 0 Å². The average Bonchev–Trinajstić information content (AvgIpc) is 2.59. The van der Waals surface area contributed by atoms with Crippen molar-refractivity contribution >= 4 is 11.8 Å². The number of ether oxygens (including phenoxy) is 1. The van der Waals surface area contributed by atoms with E-state index in [-0.39, 0.29) is 17.7 Å². The van der Waals surface area contributed by atoms with Gasteiger partial charge in [-0.05, 0) is 51.7 Å². The maximum atomic E-state index is 12.4. The fourth-order valence-corrected chi connectivity index (χ4v) is 3.73. The molecule has 0 saturated carbocycles. The summed E-state index contributed by atoms with van der Waals surface area (Å²) in [5, 5.41) is 3.00. The second-order valence-corrected chi connectivity index (χ2v) is 7.80. The van der Waals surface area contributed by atoms with E-state index < -0.39 is 0 Å². The largest absolute Gasteiger partial charge is 0.369 e. The second-order valence-electron chi connectivity index (χ2n) is 7.80. The number of urea groups is 1. The summed E-state index contributed by atoms with van der Waals surface area (Å²) in [6, 6.07) is 4.08. The second kappa shape index (κ2) is 7.60. The predicted molar refractivity (Wildman–Crippen MR) is 98.7 cm³/mol. The number of carbonyl (C=O) groups excluding carboxylic acids is 1. The van der Waals surface area contributed by atoms with Crippen molar-refractivity contribution in [1.82, 2.24) is 15.2 Å². The van der Waals surface area contributed by atoms with Gasteiger partial charge in [-0.2, -0.15) is 0 Å². The molecule has 1 N–H and O–H groups in total. The van der Waals surface area contributed by atoms with E-state index in [1.807, 2.05) is 31.9 Å². The molecule has 3 rings (SSSR count). The van der Waals surface area contributed by atoms with Crippen LogP contribution in [0.15, 0.2) is 18.3 Å². The van der Waals surface area contributed by atoms with E-state index in [4.69, 9.17) is 4.74 Å². The van der Waals surface area contributed by atoms with Crippen molar-refractivity contribution in [2.45, 2.75) is 58.3 Å². The average molecular weight is 346 g/mol. The molecule has 6 nitrogen and oxygen atoms in total. The summed E-state index contributed by atoms with van der Waals surface area (Å²) in [5.41, 5.74) is 0.724. The number of amides is 2. The molecule has 0 aromatic carbocycles. The zero-order chi connectivity index (χ0) is 17.9. The topological polar surface area (TPSA) is 57.7 Å². The monoisotopic (exact) mass is 346 g/mol. The number of rotatable bonds is 3. The van der Waals surface area contributed by atoms with Crippen molar-refractivity contribution < 1.29 is 9.53 Å². The van der Waals surface area contributed by atoms with Gasteiger partial charge in [-0.15, -0.1) is 0 Å². The van der Waals surface area contributed by atoms with Gasteiger partial charge >= 0.3 is 6.03 Å². The van der Waals surface area contributed by atoms with Gasteiger partial charge in [0, 0.05) is 32.4 Å². The molecule has 1 unspecified atom stereocenters. The summed E-state index contributed by atoms with van der Waals surface area (Å²) in [6.45, 7) is 9.96. The zero-order valence-corrected chi connectivity index (χ0v) is 15.6. The van der Waals surface area contributed by atoms with Gasteiger partial charge in [-0.1, -0.05) is 6.07 Å². The Labute approximate surface area is 150 Å². The number of hydrogen-bond acceptors (Lipinski definition) is 4. The highest BCUT2D eigenvalue weighted by atomic mass is 16.5. The van der Waals surface area contributed by atoms with E-state index in [1.54, 1.807) is 0 Å². The Morgan fingerprint density at radius 2 is 2.08 bits per heavy atom. The highest BCUT2D eigenvalue weighted by Crippen LogP contribution is 2.21. The number of morpholine rings is 1. The van der Waals surface area contributed by atoms with Gasteiger partial charge in [-0.25, -0.2) is 9.78 Å². The maximum absolute atomic E-state index is 12.4. The third-order valence-electron chi connectivity index (χ3n) is 4.79. The smallest absolute Gasteiger partial charge is 0.317 e. The molecule has 1 aromatic heterocycles. The van der Waals surface area contributed by atoms with Crippen LogP contribution >= 0.6 is 0 Å². The number of pyridine rings is 1. The first-order valence-electron chi connectivity index (χ1n) is 9.33. The number of piperidine rings is 1. The molecule has 2 saturated heterocycles. The molecular formula is C19H30N4O2. The molecule has 0 spiro atoms.